The van der Waals surface area contributed by atoms with Gasteiger partial charge in [0.2, 0.25) is 0 Å². The highest BCUT2D eigenvalue weighted by Gasteiger charge is 2.07. The molecule has 0 fully saturated rings. The van der Waals surface area contributed by atoms with Crippen LogP contribution < -0.4 is 14.2 Å². The fraction of sp³-hybridized carbons (Fsp3) is 0.481. The van der Waals surface area contributed by atoms with Gasteiger partial charge in [0.1, 0.15) is 31.0 Å². The lowest BCUT2D eigenvalue weighted by molar-refractivity contribution is 0.215. The van der Waals surface area contributed by atoms with Gasteiger partial charge in [-0.3, -0.25) is 4.98 Å². The van der Waals surface area contributed by atoms with Crippen molar-refractivity contribution >= 4 is 6.21 Å². The number of aromatic nitrogens is 1. The normalized spacial score (nSPS) is 11.3. The van der Waals surface area contributed by atoms with Crippen molar-refractivity contribution in [1.82, 2.24) is 4.98 Å². The SMILES string of the molecule is C/C=C/COc1cc(C)c(OCCCCCCCCOc2ccc(/C=N/OC)nc2)c(C)c1. The van der Waals surface area contributed by atoms with Crippen LogP contribution in [0, 0.1) is 13.8 Å². The van der Waals surface area contributed by atoms with Gasteiger partial charge in [-0.25, -0.2) is 0 Å². The fourth-order valence-corrected chi connectivity index (χ4v) is 3.40. The van der Waals surface area contributed by atoms with Gasteiger partial charge in [-0.15, -0.1) is 0 Å². The van der Waals surface area contributed by atoms with Crippen molar-refractivity contribution < 1.29 is 19.0 Å². The first-order valence-corrected chi connectivity index (χ1v) is 11.8. The van der Waals surface area contributed by atoms with Crippen LogP contribution in [0.25, 0.3) is 0 Å². The molecule has 6 heteroatoms. The van der Waals surface area contributed by atoms with E-state index >= 15 is 0 Å². The van der Waals surface area contributed by atoms with E-state index in [1.807, 2.05) is 43.3 Å². The van der Waals surface area contributed by atoms with Gasteiger partial charge in [-0.2, -0.15) is 0 Å². The standard InChI is InChI=1S/C27H38N2O4/c1-5-6-15-32-26-18-22(2)27(23(3)19-26)33-17-12-10-8-7-9-11-16-31-25-14-13-24(28-21-25)20-29-30-4/h5-6,13-14,18-21H,7-12,15-17H2,1-4H3/b6-5+,29-20+. The van der Waals surface area contributed by atoms with Gasteiger partial charge >= 0.3 is 0 Å². The van der Waals surface area contributed by atoms with Crippen molar-refractivity contribution in [2.75, 3.05) is 26.9 Å². The average Bonchev–Trinajstić information content (AvgIpc) is 2.81. The van der Waals surface area contributed by atoms with E-state index in [0.29, 0.717) is 13.2 Å². The molecule has 2 rings (SSSR count). The maximum Gasteiger partial charge on any atom is 0.137 e. The van der Waals surface area contributed by atoms with Gasteiger partial charge in [0.25, 0.3) is 0 Å². The van der Waals surface area contributed by atoms with Crippen LogP contribution in [-0.4, -0.2) is 38.1 Å². The molecule has 0 atom stereocenters. The molecule has 0 N–H and O–H groups in total. The summed E-state index contributed by atoms with van der Waals surface area (Å²) in [4.78, 5) is 8.89. The zero-order chi connectivity index (χ0) is 23.7. The second kappa shape index (κ2) is 15.7. The van der Waals surface area contributed by atoms with Crippen LogP contribution in [0.5, 0.6) is 17.2 Å². The summed E-state index contributed by atoms with van der Waals surface area (Å²) in [6, 6.07) is 7.86. The predicted octanol–water partition coefficient (Wildman–Crippen LogP) is 6.43. The first kappa shape index (κ1) is 26.2. The quantitative estimate of drug-likeness (QED) is 0.127. The average molecular weight is 455 g/mol. The number of aryl methyl sites for hydroxylation is 2. The number of oxime groups is 1. The molecule has 1 aromatic carbocycles. The molecule has 0 saturated heterocycles. The number of ether oxygens (including phenoxy) is 3. The summed E-state index contributed by atoms with van der Waals surface area (Å²) in [5.74, 6) is 2.66. The number of pyridine rings is 1. The summed E-state index contributed by atoms with van der Waals surface area (Å²) >= 11 is 0. The van der Waals surface area contributed by atoms with E-state index in [9.17, 15) is 0 Å². The molecule has 0 amide bonds. The molecule has 0 bridgehead atoms. The summed E-state index contributed by atoms with van der Waals surface area (Å²) in [5, 5.41) is 3.69. The second-order valence-electron chi connectivity index (χ2n) is 7.92. The van der Waals surface area contributed by atoms with E-state index in [0.717, 1.165) is 53.5 Å². The van der Waals surface area contributed by atoms with Crippen molar-refractivity contribution in [2.45, 2.75) is 59.3 Å². The molecule has 2 aromatic rings. The molecule has 0 aliphatic rings. The monoisotopic (exact) mass is 454 g/mol. The minimum absolute atomic E-state index is 0.594. The van der Waals surface area contributed by atoms with E-state index in [2.05, 4.69) is 28.8 Å². The maximum atomic E-state index is 6.06. The highest BCUT2D eigenvalue weighted by Crippen LogP contribution is 2.28. The van der Waals surface area contributed by atoms with Gasteiger partial charge < -0.3 is 19.0 Å². The third-order valence-corrected chi connectivity index (χ3v) is 5.12. The van der Waals surface area contributed by atoms with E-state index < -0.39 is 0 Å². The Labute approximate surface area is 198 Å². The Morgan fingerprint density at radius 1 is 0.848 bits per heavy atom. The van der Waals surface area contributed by atoms with Crippen LogP contribution >= 0.6 is 0 Å². The summed E-state index contributed by atoms with van der Waals surface area (Å²) in [6.45, 7) is 8.20. The zero-order valence-electron chi connectivity index (χ0n) is 20.5. The Kier molecular flexibility index (Phi) is 12.5. The zero-order valence-corrected chi connectivity index (χ0v) is 20.5. The van der Waals surface area contributed by atoms with E-state index in [-0.39, 0.29) is 0 Å². The molecule has 33 heavy (non-hydrogen) atoms. The summed E-state index contributed by atoms with van der Waals surface area (Å²) < 4.78 is 17.5. The second-order valence-corrected chi connectivity index (χ2v) is 7.92. The molecule has 0 saturated carbocycles. The minimum Gasteiger partial charge on any atom is -0.493 e. The lowest BCUT2D eigenvalue weighted by atomic mass is 10.1. The third-order valence-electron chi connectivity index (χ3n) is 5.12. The Hall–Kier alpha value is -3.02. The molecule has 6 nitrogen and oxygen atoms in total. The first-order valence-electron chi connectivity index (χ1n) is 11.8. The van der Waals surface area contributed by atoms with Gasteiger partial charge in [-0.05, 0) is 69.0 Å². The molecule has 0 spiro atoms. The topological polar surface area (TPSA) is 62.2 Å². The fourth-order valence-electron chi connectivity index (χ4n) is 3.40. The van der Waals surface area contributed by atoms with Gasteiger partial charge in [0, 0.05) is 0 Å². The molecule has 0 aliphatic heterocycles. The number of rotatable bonds is 16. The maximum absolute atomic E-state index is 6.06. The Morgan fingerprint density at radius 2 is 1.52 bits per heavy atom. The number of hydrogen-bond acceptors (Lipinski definition) is 6. The lowest BCUT2D eigenvalue weighted by Crippen LogP contribution is -2.02. The van der Waals surface area contributed by atoms with Crippen LogP contribution in [0.2, 0.25) is 0 Å². The van der Waals surface area contributed by atoms with E-state index in [4.69, 9.17) is 14.2 Å². The smallest absolute Gasteiger partial charge is 0.137 e. The number of unbranched alkanes of at least 4 members (excludes halogenated alkanes) is 5. The van der Waals surface area contributed by atoms with Crippen LogP contribution in [0.3, 0.4) is 0 Å². The van der Waals surface area contributed by atoms with Crippen molar-refractivity contribution in [3.8, 4) is 17.2 Å². The van der Waals surface area contributed by atoms with Gasteiger partial charge in [-0.1, -0.05) is 43.0 Å². The minimum atomic E-state index is 0.594. The third kappa shape index (κ3) is 10.4. The molecule has 180 valence electrons. The molecule has 0 aliphatic carbocycles. The summed E-state index contributed by atoms with van der Waals surface area (Å²) in [5.41, 5.74) is 2.99. The molecular formula is C27H38N2O4. The largest absolute Gasteiger partial charge is 0.493 e. The molecule has 1 heterocycles. The van der Waals surface area contributed by atoms with Crippen LogP contribution in [0.4, 0.5) is 0 Å². The highest BCUT2D eigenvalue weighted by atomic mass is 16.6. The number of allylic oxidation sites excluding steroid dienone is 1. The number of hydrogen-bond donors (Lipinski definition) is 0. The van der Waals surface area contributed by atoms with Crippen LogP contribution in [0.1, 0.15) is 62.3 Å². The van der Waals surface area contributed by atoms with E-state index in [1.54, 1.807) is 12.4 Å². The van der Waals surface area contributed by atoms with Crippen molar-refractivity contribution in [3.05, 3.63) is 59.4 Å². The number of benzene rings is 1. The van der Waals surface area contributed by atoms with Crippen LogP contribution in [0.15, 0.2) is 47.8 Å². The molecule has 0 unspecified atom stereocenters. The summed E-state index contributed by atoms with van der Waals surface area (Å²) in [7, 11) is 1.51. The van der Waals surface area contributed by atoms with Crippen molar-refractivity contribution in [2.24, 2.45) is 5.16 Å². The Balaban J connectivity index is 1.53. The number of nitrogens with zero attached hydrogens (tertiary/aromatic N) is 2. The Morgan fingerprint density at radius 3 is 2.12 bits per heavy atom. The first-order chi connectivity index (χ1) is 16.1. The molecule has 1 aromatic heterocycles. The van der Waals surface area contributed by atoms with Crippen LogP contribution in [-0.2, 0) is 4.84 Å². The lowest BCUT2D eigenvalue weighted by Gasteiger charge is -2.14. The Bertz CT molecular complexity index is 840. The predicted molar refractivity (Wildman–Crippen MR) is 134 cm³/mol. The molecular weight excluding hydrogens is 416 g/mol. The van der Waals surface area contributed by atoms with Crippen molar-refractivity contribution in [3.63, 3.8) is 0 Å². The van der Waals surface area contributed by atoms with Crippen molar-refractivity contribution in [1.29, 1.82) is 0 Å². The summed E-state index contributed by atoms with van der Waals surface area (Å²) in [6.07, 6.45) is 14.2. The van der Waals surface area contributed by atoms with E-state index in [1.165, 1.54) is 32.8 Å². The molecule has 0 radical (unpaired) electrons. The highest BCUT2D eigenvalue weighted by molar-refractivity contribution is 5.76. The van der Waals surface area contributed by atoms with Gasteiger partial charge in [0.15, 0.2) is 0 Å². The van der Waals surface area contributed by atoms with Gasteiger partial charge in [0.05, 0.1) is 31.3 Å².